The number of nitriles is 2. The van der Waals surface area contributed by atoms with Crippen LogP contribution in [0.15, 0.2) is 60.9 Å². The average molecular weight is 1110 g/mol. The molecule has 0 unspecified atom stereocenters. The number of nitrogens with zero attached hydrogens (tertiary/aromatic N) is 15. The molecule has 6 aromatic rings. The number of aromatic nitrogens is 12. The van der Waals surface area contributed by atoms with Crippen LogP contribution in [0, 0.1) is 109 Å². The molecular formula is C42H57N17O10Sm+. The largest absolute Gasteiger partial charge is 3.00 e. The Hall–Kier alpha value is -7.38. The SMILES string of the molecule is CC#N.CC#N.CC(C)(C)c1cc(-c2nn[nH]n2)nc(-c2cc(C(C)(C)C)cc[nH+]2)c1.CC(C)(C)c1ccnc(-c2cc(C(C)(C)C)cc(-c3nnn[n-]3)n2)c1.O=[N+]([O-])[O-].O=[N+]([O-])[O-].O=[N+]([O-])[O-].[OH3+].[Sm+3]. The second kappa shape index (κ2) is 30.9. The zero-order chi connectivity index (χ0) is 52.6. The smallest absolute Gasteiger partial charge is 0.457 e. The maximum atomic E-state index is 8.25. The topological polar surface area (TPSA) is 439 Å². The van der Waals surface area contributed by atoms with Crippen LogP contribution in [0.2, 0.25) is 0 Å². The van der Waals surface area contributed by atoms with Gasteiger partial charge in [-0.3, -0.25) is 15.3 Å². The quantitative estimate of drug-likeness (QED) is 0.115. The van der Waals surface area contributed by atoms with Crippen LogP contribution in [0.4, 0.5) is 0 Å². The summed E-state index contributed by atoms with van der Waals surface area (Å²) in [6.07, 6.45) is 3.80. The molecular weight excluding hydrogens is 1050 g/mol. The van der Waals surface area contributed by atoms with Gasteiger partial charge in [-0.1, -0.05) is 83.1 Å². The van der Waals surface area contributed by atoms with Gasteiger partial charge in [0.25, 0.3) is 0 Å². The first-order valence-corrected chi connectivity index (χ1v) is 19.9. The first-order valence-electron chi connectivity index (χ1n) is 19.9. The molecule has 1 radical (unpaired) electrons. The van der Waals surface area contributed by atoms with E-state index in [1.165, 1.54) is 30.5 Å². The Balaban J connectivity index is -0.000000935. The van der Waals surface area contributed by atoms with Gasteiger partial charge in [-0.15, -0.1) is 10.2 Å². The van der Waals surface area contributed by atoms with Crippen molar-refractivity contribution in [3.8, 4) is 58.0 Å². The van der Waals surface area contributed by atoms with Gasteiger partial charge in [-0.25, -0.2) is 15.0 Å². The van der Waals surface area contributed by atoms with Crippen LogP contribution in [0.5, 0.6) is 0 Å². The minimum atomic E-state index is -1.75. The van der Waals surface area contributed by atoms with E-state index in [4.69, 9.17) is 66.5 Å². The van der Waals surface area contributed by atoms with Crippen LogP contribution in [0.1, 0.15) is 119 Å². The third kappa shape index (κ3) is 26.2. The molecule has 6 heterocycles. The van der Waals surface area contributed by atoms with E-state index in [9.17, 15) is 0 Å². The van der Waals surface area contributed by atoms with E-state index in [0.29, 0.717) is 23.0 Å². The fourth-order valence-corrected chi connectivity index (χ4v) is 5.06. The molecule has 6 rings (SSSR count). The van der Waals surface area contributed by atoms with Crippen molar-refractivity contribution in [3.05, 3.63) is 129 Å². The summed E-state index contributed by atoms with van der Waals surface area (Å²) in [7, 11) is 0. The molecule has 0 aromatic carbocycles. The van der Waals surface area contributed by atoms with Crippen molar-refractivity contribution in [1.82, 2.24) is 56.2 Å². The van der Waals surface area contributed by atoms with E-state index < -0.39 is 15.3 Å². The summed E-state index contributed by atoms with van der Waals surface area (Å²) in [5.41, 5.74) is 9.71. The number of aromatic amines is 2. The van der Waals surface area contributed by atoms with Gasteiger partial charge in [-0.2, -0.15) is 21.0 Å². The molecule has 0 atom stereocenters. The van der Waals surface area contributed by atoms with Gasteiger partial charge in [0.05, 0.1) is 50.3 Å². The van der Waals surface area contributed by atoms with Crippen LogP contribution >= 0.6 is 0 Å². The molecule has 0 bridgehead atoms. The predicted octanol–water partition coefficient (Wildman–Crippen LogP) is 6.31. The van der Waals surface area contributed by atoms with Crippen molar-refractivity contribution in [1.29, 1.82) is 10.5 Å². The second-order valence-corrected chi connectivity index (χ2v) is 17.7. The number of hydrogen-bond donors (Lipinski definition) is 1. The second-order valence-electron chi connectivity index (χ2n) is 17.7. The molecule has 0 saturated carbocycles. The fourth-order valence-electron chi connectivity index (χ4n) is 5.06. The normalized spacial score (nSPS) is 10.1. The summed E-state index contributed by atoms with van der Waals surface area (Å²) in [6.45, 7) is 29.1. The van der Waals surface area contributed by atoms with Crippen molar-refractivity contribution < 1.29 is 66.1 Å². The zero-order valence-corrected chi connectivity index (χ0v) is 43.8. The Kier molecular flexibility index (Phi) is 29.5. The summed E-state index contributed by atoms with van der Waals surface area (Å²) in [5.74, 6) is 0.929. The van der Waals surface area contributed by atoms with Crippen LogP contribution in [-0.4, -0.2) is 66.4 Å². The van der Waals surface area contributed by atoms with Crippen molar-refractivity contribution in [2.45, 2.75) is 119 Å². The van der Waals surface area contributed by atoms with Crippen molar-refractivity contribution in [3.63, 3.8) is 0 Å². The van der Waals surface area contributed by atoms with Gasteiger partial charge in [0, 0.05) is 32.2 Å². The molecule has 70 heavy (non-hydrogen) atoms. The Bertz CT molecular complexity index is 2390. The number of H-pyrrole nitrogens is 2. The zero-order valence-electron chi connectivity index (χ0n) is 41.1. The molecule has 375 valence electrons. The molecule has 0 saturated heterocycles. The van der Waals surface area contributed by atoms with Gasteiger partial charge in [-0.05, 0) is 85.5 Å². The van der Waals surface area contributed by atoms with E-state index in [2.05, 4.69) is 165 Å². The molecule has 0 aliphatic rings. The molecule has 0 spiro atoms. The number of pyridine rings is 4. The third-order valence-electron chi connectivity index (χ3n) is 8.34. The Labute approximate surface area is 436 Å². The molecule has 0 aliphatic heterocycles. The van der Waals surface area contributed by atoms with Crippen LogP contribution in [-0.2, 0) is 27.1 Å². The van der Waals surface area contributed by atoms with Crippen LogP contribution in [0.3, 0.4) is 0 Å². The Morgan fingerprint density at radius 2 is 1.00 bits per heavy atom. The Morgan fingerprint density at radius 3 is 1.41 bits per heavy atom. The standard InChI is InChI=1S/C19H24N6.C19H23N6.2C2H3N.3NO3.H2O.Sm/c2*1-18(2,3)12-7-8-20-14(9-12)15-10-13(19(4,5)6)11-16(21-15)17-22-24-25-23-17;2*1-2-3;3*2-1(3)4;;/h7-11H,1-6H3,(H,22,23,24,25);7-11H,1-6H3;2*1H3;;;;1H2;/q;-1;;;3*-1;;+3/p+2. The average Bonchev–Trinajstić information content (AvgIpc) is 3.96. The summed E-state index contributed by atoms with van der Waals surface area (Å²) in [4.78, 5) is 42.1. The minimum absolute atomic E-state index is 0. The van der Waals surface area contributed by atoms with Gasteiger partial charge >= 0.3 is 40.4 Å². The van der Waals surface area contributed by atoms with Crippen LogP contribution < -0.4 is 10.1 Å². The number of nitrogens with one attached hydrogen (secondary N) is 2. The van der Waals surface area contributed by atoms with Crippen molar-refractivity contribution >= 4 is 0 Å². The van der Waals surface area contributed by atoms with Gasteiger partial charge in [0.1, 0.15) is 11.4 Å². The first-order chi connectivity index (χ1) is 31.3. The molecule has 0 amide bonds. The summed E-state index contributed by atoms with van der Waals surface area (Å²) in [5, 5.41) is 88.2. The van der Waals surface area contributed by atoms with Gasteiger partial charge in [0.2, 0.25) is 11.5 Å². The fraction of sp³-hybridized carbons (Fsp3) is 0.429. The summed E-state index contributed by atoms with van der Waals surface area (Å²) in [6, 6.07) is 20.2. The van der Waals surface area contributed by atoms with Gasteiger partial charge in [0.15, 0.2) is 6.20 Å². The molecule has 0 fully saturated rings. The molecule has 28 heteroatoms. The number of tetrazole rings is 2. The first kappa shape index (κ1) is 66.9. The predicted molar refractivity (Wildman–Crippen MR) is 252 cm³/mol. The van der Waals surface area contributed by atoms with Crippen molar-refractivity contribution in [2.75, 3.05) is 0 Å². The minimum Gasteiger partial charge on any atom is -0.457 e. The summed E-state index contributed by atoms with van der Waals surface area (Å²) < 4.78 is 0. The van der Waals surface area contributed by atoms with E-state index in [1.54, 1.807) is 12.1 Å². The maximum Gasteiger partial charge on any atom is 3.00 e. The van der Waals surface area contributed by atoms with E-state index in [-0.39, 0.29) is 67.5 Å². The Morgan fingerprint density at radius 1 is 0.600 bits per heavy atom. The van der Waals surface area contributed by atoms with E-state index >= 15 is 0 Å². The molecule has 6 aromatic heterocycles. The molecule has 27 nitrogen and oxygen atoms in total. The van der Waals surface area contributed by atoms with Gasteiger partial charge < -0.3 is 56.5 Å². The number of rotatable bonds is 4. The molecule has 5 N–H and O–H groups in total. The molecule has 0 aliphatic carbocycles. The van der Waals surface area contributed by atoms with E-state index in [0.717, 1.165) is 28.3 Å². The van der Waals surface area contributed by atoms with Crippen molar-refractivity contribution in [2.24, 2.45) is 0 Å². The monoisotopic (exact) mass is 1110 g/mol. The van der Waals surface area contributed by atoms with Crippen LogP contribution in [0.25, 0.3) is 45.8 Å². The van der Waals surface area contributed by atoms with E-state index in [1.807, 2.05) is 30.6 Å². The third-order valence-corrected chi connectivity index (χ3v) is 8.34. The number of hydrogen-bond acceptors (Lipinski definition) is 20. The maximum absolute atomic E-state index is 8.25. The summed E-state index contributed by atoms with van der Waals surface area (Å²) >= 11 is 0.